The van der Waals surface area contributed by atoms with Crippen molar-refractivity contribution in [1.82, 2.24) is 9.80 Å². The van der Waals surface area contributed by atoms with Crippen molar-refractivity contribution in [3.8, 4) is 0 Å². The highest BCUT2D eigenvalue weighted by Gasteiger charge is 2.28. The van der Waals surface area contributed by atoms with Crippen LogP contribution in [0.2, 0.25) is 5.02 Å². The quantitative estimate of drug-likeness (QED) is 0.909. The third kappa shape index (κ3) is 3.04. The number of hydrogen-bond donors (Lipinski definition) is 1. The van der Waals surface area contributed by atoms with E-state index in [0.717, 1.165) is 24.7 Å². The van der Waals surface area contributed by atoms with Gasteiger partial charge in [-0.3, -0.25) is 4.90 Å². The Labute approximate surface area is 115 Å². The molecule has 0 aromatic heterocycles. The van der Waals surface area contributed by atoms with Crippen LogP contribution in [0.1, 0.15) is 18.5 Å². The van der Waals surface area contributed by atoms with Crippen molar-refractivity contribution < 1.29 is 0 Å². The molecular weight excluding hydrogens is 246 g/mol. The van der Waals surface area contributed by atoms with Gasteiger partial charge in [-0.15, -0.1) is 0 Å². The fourth-order valence-corrected chi connectivity index (χ4v) is 2.80. The summed E-state index contributed by atoms with van der Waals surface area (Å²) >= 11 is 5.94. The topological polar surface area (TPSA) is 32.5 Å². The van der Waals surface area contributed by atoms with Gasteiger partial charge in [0.05, 0.1) is 0 Å². The van der Waals surface area contributed by atoms with E-state index in [4.69, 9.17) is 17.3 Å². The van der Waals surface area contributed by atoms with E-state index < -0.39 is 0 Å². The third-order valence-electron chi connectivity index (χ3n) is 3.85. The maximum atomic E-state index is 5.94. The summed E-state index contributed by atoms with van der Waals surface area (Å²) < 4.78 is 0. The summed E-state index contributed by atoms with van der Waals surface area (Å²) in [6, 6.07) is 8.97. The van der Waals surface area contributed by atoms with E-state index in [0.29, 0.717) is 18.6 Å². The third-order valence-corrected chi connectivity index (χ3v) is 4.11. The van der Waals surface area contributed by atoms with Crippen molar-refractivity contribution in [3.63, 3.8) is 0 Å². The first-order valence-electron chi connectivity index (χ1n) is 6.51. The number of rotatable bonds is 3. The molecule has 1 aliphatic heterocycles. The van der Waals surface area contributed by atoms with Crippen LogP contribution in [-0.2, 0) is 0 Å². The zero-order chi connectivity index (χ0) is 13.1. The first-order valence-corrected chi connectivity index (χ1v) is 6.89. The average molecular weight is 268 g/mol. The zero-order valence-electron chi connectivity index (χ0n) is 11.1. The smallest absolute Gasteiger partial charge is 0.0406 e. The van der Waals surface area contributed by atoms with Gasteiger partial charge in [0.2, 0.25) is 0 Å². The van der Waals surface area contributed by atoms with Crippen LogP contribution in [0.15, 0.2) is 24.3 Å². The Hall–Kier alpha value is -0.610. The Morgan fingerprint density at radius 3 is 2.61 bits per heavy atom. The molecule has 1 aromatic rings. The summed E-state index contributed by atoms with van der Waals surface area (Å²) in [5, 5.41) is 0.791. The number of nitrogens with zero attached hydrogens (tertiary/aromatic N) is 2. The van der Waals surface area contributed by atoms with Crippen molar-refractivity contribution >= 4 is 11.6 Å². The molecule has 1 aromatic carbocycles. The molecule has 2 rings (SSSR count). The minimum absolute atomic E-state index is 0.393. The maximum absolute atomic E-state index is 5.94. The standard InChI is InChI=1S/C14H22ClN3/c1-11(12-3-5-13(15)6-4-12)18-8-7-17(2)10-14(18)9-16/h3-6,11,14H,7-10,16H2,1-2H3. The van der Waals surface area contributed by atoms with Gasteiger partial charge in [-0.05, 0) is 31.7 Å². The van der Waals surface area contributed by atoms with Crippen LogP contribution in [0.25, 0.3) is 0 Å². The fraction of sp³-hybridized carbons (Fsp3) is 0.571. The van der Waals surface area contributed by atoms with Gasteiger partial charge in [-0.1, -0.05) is 23.7 Å². The maximum Gasteiger partial charge on any atom is 0.0406 e. The number of likely N-dealkylation sites (N-methyl/N-ethyl adjacent to an activating group) is 1. The average Bonchev–Trinajstić information content (AvgIpc) is 2.38. The first kappa shape index (κ1) is 13.8. The Kier molecular flexibility index (Phi) is 4.62. The van der Waals surface area contributed by atoms with Crippen molar-refractivity contribution in [2.45, 2.75) is 19.0 Å². The van der Waals surface area contributed by atoms with Crippen LogP contribution in [0.3, 0.4) is 0 Å². The van der Waals surface area contributed by atoms with Crippen LogP contribution in [0.5, 0.6) is 0 Å². The molecule has 0 bridgehead atoms. The molecule has 2 N–H and O–H groups in total. The van der Waals surface area contributed by atoms with Gasteiger partial charge in [-0.2, -0.15) is 0 Å². The normalized spacial score (nSPS) is 24.1. The minimum Gasteiger partial charge on any atom is -0.329 e. The number of benzene rings is 1. The van der Waals surface area contributed by atoms with Crippen LogP contribution >= 0.6 is 11.6 Å². The van der Waals surface area contributed by atoms with Crippen LogP contribution in [-0.4, -0.2) is 49.1 Å². The summed E-state index contributed by atoms with van der Waals surface area (Å²) in [5.74, 6) is 0. The molecule has 1 fully saturated rings. The Morgan fingerprint density at radius 2 is 2.00 bits per heavy atom. The molecule has 1 aliphatic rings. The van der Waals surface area contributed by atoms with E-state index in [1.165, 1.54) is 5.56 Å². The fourth-order valence-electron chi connectivity index (χ4n) is 2.68. The summed E-state index contributed by atoms with van der Waals surface area (Å²) in [5.41, 5.74) is 7.21. The van der Waals surface area contributed by atoms with E-state index in [1.807, 2.05) is 12.1 Å². The lowest BCUT2D eigenvalue weighted by Crippen LogP contribution is -2.55. The van der Waals surface area contributed by atoms with Crippen molar-refractivity contribution in [1.29, 1.82) is 0 Å². The highest BCUT2D eigenvalue weighted by Crippen LogP contribution is 2.25. The van der Waals surface area contributed by atoms with Crippen LogP contribution < -0.4 is 5.73 Å². The molecule has 18 heavy (non-hydrogen) atoms. The molecule has 2 atom stereocenters. The van der Waals surface area contributed by atoms with Gasteiger partial charge in [-0.25, -0.2) is 0 Å². The largest absolute Gasteiger partial charge is 0.329 e. The van der Waals surface area contributed by atoms with Gasteiger partial charge >= 0.3 is 0 Å². The minimum atomic E-state index is 0.393. The molecule has 0 saturated carbocycles. The molecule has 100 valence electrons. The van der Waals surface area contributed by atoms with E-state index in [2.05, 4.69) is 35.9 Å². The molecule has 0 radical (unpaired) electrons. The van der Waals surface area contributed by atoms with Crippen molar-refractivity contribution in [2.75, 3.05) is 33.2 Å². The highest BCUT2D eigenvalue weighted by molar-refractivity contribution is 6.30. The molecule has 2 unspecified atom stereocenters. The molecular formula is C14H22ClN3. The summed E-state index contributed by atoms with van der Waals surface area (Å²) in [4.78, 5) is 4.85. The Balaban J connectivity index is 2.11. The lowest BCUT2D eigenvalue weighted by molar-refractivity contribution is 0.0621. The first-order chi connectivity index (χ1) is 8.61. The lowest BCUT2D eigenvalue weighted by Gasteiger charge is -2.43. The number of halogens is 1. The van der Waals surface area contributed by atoms with Crippen molar-refractivity contribution in [2.24, 2.45) is 5.73 Å². The second kappa shape index (κ2) is 6.02. The summed E-state index contributed by atoms with van der Waals surface area (Å²) in [7, 11) is 2.16. The molecule has 0 amide bonds. The van der Waals surface area contributed by atoms with E-state index in [9.17, 15) is 0 Å². The molecule has 1 saturated heterocycles. The number of nitrogens with two attached hydrogens (primary N) is 1. The predicted molar refractivity (Wildman–Crippen MR) is 76.9 cm³/mol. The van der Waals surface area contributed by atoms with Crippen LogP contribution in [0, 0.1) is 0 Å². The summed E-state index contributed by atoms with van der Waals surface area (Å²) in [6.07, 6.45) is 0. The predicted octanol–water partition coefficient (Wildman–Crippen LogP) is 1.98. The monoisotopic (exact) mass is 267 g/mol. The second-order valence-corrected chi connectivity index (χ2v) is 5.55. The number of hydrogen-bond acceptors (Lipinski definition) is 3. The SMILES string of the molecule is CC(c1ccc(Cl)cc1)N1CCN(C)CC1CN. The van der Waals surface area contributed by atoms with Crippen molar-refractivity contribution in [3.05, 3.63) is 34.9 Å². The number of piperazine rings is 1. The molecule has 0 aliphatic carbocycles. The highest BCUT2D eigenvalue weighted by atomic mass is 35.5. The molecule has 3 nitrogen and oxygen atoms in total. The van der Waals surface area contributed by atoms with Gasteiger partial charge < -0.3 is 10.6 Å². The van der Waals surface area contributed by atoms with E-state index in [-0.39, 0.29) is 0 Å². The van der Waals surface area contributed by atoms with Crippen LogP contribution in [0.4, 0.5) is 0 Å². The van der Waals surface area contributed by atoms with Gasteiger partial charge in [0, 0.05) is 43.3 Å². The van der Waals surface area contributed by atoms with Gasteiger partial charge in [0.15, 0.2) is 0 Å². The molecule has 4 heteroatoms. The Bertz CT molecular complexity index is 379. The van der Waals surface area contributed by atoms with E-state index in [1.54, 1.807) is 0 Å². The lowest BCUT2D eigenvalue weighted by atomic mass is 10.0. The van der Waals surface area contributed by atoms with Gasteiger partial charge in [0.25, 0.3) is 0 Å². The summed E-state index contributed by atoms with van der Waals surface area (Å²) in [6.45, 7) is 6.19. The molecule has 1 heterocycles. The zero-order valence-corrected chi connectivity index (χ0v) is 11.9. The molecule has 0 spiro atoms. The Morgan fingerprint density at radius 1 is 1.33 bits per heavy atom. The second-order valence-electron chi connectivity index (χ2n) is 5.12. The van der Waals surface area contributed by atoms with E-state index >= 15 is 0 Å². The van der Waals surface area contributed by atoms with Gasteiger partial charge in [0.1, 0.15) is 0 Å².